The maximum absolute atomic E-state index is 8.73. The second kappa shape index (κ2) is 6.26. The first-order valence-electron chi connectivity index (χ1n) is 8.66. The molecule has 0 aliphatic carbocycles. The molecule has 26 heavy (non-hydrogen) atoms. The molecular weight excluding hydrogens is 322 g/mol. The van der Waals surface area contributed by atoms with Crippen LogP contribution in [0.15, 0.2) is 54.9 Å². The highest BCUT2D eigenvalue weighted by molar-refractivity contribution is 5.82. The van der Waals surface area contributed by atoms with Gasteiger partial charge in [-0.05, 0) is 44.0 Å². The molecule has 1 N–H and O–H groups in total. The normalized spacial score (nSPS) is 11.2. The highest BCUT2D eigenvalue weighted by atomic mass is 15.1. The van der Waals surface area contributed by atoms with Crippen LogP contribution in [-0.2, 0) is 6.54 Å². The molecule has 0 saturated carbocycles. The number of nitrogens with one attached hydrogen (secondary N) is 1. The van der Waals surface area contributed by atoms with Crippen LogP contribution >= 0.6 is 0 Å². The predicted octanol–water partition coefficient (Wildman–Crippen LogP) is 3.68. The summed E-state index contributed by atoms with van der Waals surface area (Å²) in [4.78, 5) is 9.33. The summed E-state index contributed by atoms with van der Waals surface area (Å²) < 4.78 is 3.93. The summed E-state index contributed by atoms with van der Waals surface area (Å²) >= 11 is 0. The second-order valence-corrected chi connectivity index (χ2v) is 6.59. The summed E-state index contributed by atoms with van der Waals surface area (Å²) in [7, 11) is 0. The van der Waals surface area contributed by atoms with E-state index in [1.165, 1.54) is 0 Å². The van der Waals surface area contributed by atoms with Crippen molar-refractivity contribution in [3.05, 3.63) is 82.9 Å². The lowest BCUT2D eigenvalue weighted by Gasteiger charge is -2.09. The summed E-state index contributed by atoms with van der Waals surface area (Å²) in [5.74, 6) is 0.841. The van der Waals surface area contributed by atoms with Crippen molar-refractivity contribution in [2.75, 3.05) is 0 Å². The van der Waals surface area contributed by atoms with Gasteiger partial charge in [-0.1, -0.05) is 36.4 Å². The van der Waals surface area contributed by atoms with Gasteiger partial charge < -0.3 is 4.57 Å². The van der Waals surface area contributed by atoms with Crippen LogP contribution in [0.5, 0.6) is 0 Å². The van der Waals surface area contributed by atoms with E-state index in [1.54, 1.807) is 6.33 Å². The lowest BCUT2D eigenvalue weighted by molar-refractivity contribution is 0.721. The number of nitrogens with zero attached hydrogens (tertiary/aromatic N) is 4. The van der Waals surface area contributed by atoms with Crippen LogP contribution in [0.25, 0.3) is 16.9 Å². The quantitative estimate of drug-likeness (QED) is 0.617. The summed E-state index contributed by atoms with van der Waals surface area (Å²) in [5, 5.41) is 9.61. The highest BCUT2D eigenvalue weighted by Gasteiger charge is 2.17. The standard InChI is InChI=1S/C21H21N5/c1-14-8-7-11-18(24-14)26-16(3)15(2)19-20(22)25(13-23-21(19)26)12-17-9-5-4-6-10-17/h4-11,13,22H,12H2,1-3H3. The van der Waals surface area contributed by atoms with Crippen molar-refractivity contribution in [3.8, 4) is 5.82 Å². The topological polar surface area (TPSA) is 59.5 Å². The zero-order chi connectivity index (χ0) is 18.3. The molecule has 0 aliphatic heterocycles. The van der Waals surface area contributed by atoms with Crippen molar-refractivity contribution in [1.82, 2.24) is 19.1 Å². The fraction of sp³-hybridized carbons (Fsp3) is 0.190. The Morgan fingerprint density at radius 1 is 0.962 bits per heavy atom. The Morgan fingerprint density at radius 3 is 2.46 bits per heavy atom. The molecule has 0 bridgehead atoms. The van der Waals surface area contributed by atoms with Gasteiger partial charge in [0.05, 0.1) is 18.3 Å². The molecule has 0 spiro atoms. The molecule has 5 nitrogen and oxygen atoms in total. The van der Waals surface area contributed by atoms with Crippen molar-refractivity contribution in [3.63, 3.8) is 0 Å². The van der Waals surface area contributed by atoms with Crippen molar-refractivity contribution in [2.24, 2.45) is 0 Å². The first-order valence-corrected chi connectivity index (χ1v) is 8.66. The predicted molar refractivity (Wildman–Crippen MR) is 102 cm³/mol. The van der Waals surface area contributed by atoms with E-state index in [1.807, 2.05) is 52.5 Å². The lowest BCUT2D eigenvalue weighted by Crippen LogP contribution is -2.21. The maximum Gasteiger partial charge on any atom is 0.151 e. The van der Waals surface area contributed by atoms with Crippen molar-refractivity contribution in [2.45, 2.75) is 27.3 Å². The van der Waals surface area contributed by atoms with Gasteiger partial charge in [0.25, 0.3) is 0 Å². The molecule has 0 saturated heterocycles. The zero-order valence-electron chi connectivity index (χ0n) is 15.2. The van der Waals surface area contributed by atoms with Crippen molar-refractivity contribution >= 4 is 11.0 Å². The van der Waals surface area contributed by atoms with Gasteiger partial charge in [0.1, 0.15) is 11.3 Å². The summed E-state index contributed by atoms with van der Waals surface area (Å²) in [5.41, 5.74) is 5.52. The Balaban J connectivity index is 1.91. The third-order valence-corrected chi connectivity index (χ3v) is 4.83. The maximum atomic E-state index is 8.73. The average molecular weight is 343 g/mol. The van der Waals surface area contributed by atoms with Crippen LogP contribution < -0.4 is 5.49 Å². The first-order chi connectivity index (χ1) is 12.6. The molecule has 0 fully saturated rings. The number of pyridine rings is 1. The minimum absolute atomic E-state index is 0.478. The highest BCUT2D eigenvalue weighted by Crippen LogP contribution is 2.24. The summed E-state index contributed by atoms with van der Waals surface area (Å²) in [6.45, 7) is 6.72. The molecular formula is C21H21N5. The number of rotatable bonds is 3. The van der Waals surface area contributed by atoms with Gasteiger partial charge in [-0.15, -0.1) is 0 Å². The number of aromatic nitrogens is 4. The van der Waals surface area contributed by atoms with E-state index in [-0.39, 0.29) is 0 Å². The van der Waals surface area contributed by atoms with Gasteiger partial charge in [0.15, 0.2) is 5.65 Å². The molecule has 0 amide bonds. The van der Waals surface area contributed by atoms with E-state index in [0.717, 1.165) is 39.4 Å². The largest absolute Gasteiger partial charge is 0.312 e. The molecule has 4 aromatic rings. The van der Waals surface area contributed by atoms with Crippen LogP contribution in [0.2, 0.25) is 0 Å². The molecule has 1 aromatic carbocycles. The van der Waals surface area contributed by atoms with Gasteiger partial charge in [0, 0.05) is 11.4 Å². The molecule has 3 aromatic heterocycles. The van der Waals surface area contributed by atoms with E-state index in [9.17, 15) is 0 Å². The van der Waals surface area contributed by atoms with E-state index in [0.29, 0.717) is 12.0 Å². The number of aryl methyl sites for hydroxylation is 2. The Morgan fingerprint density at radius 2 is 1.73 bits per heavy atom. The average Bonchev–Trinajstić information content (AvgIpc) is 2.90. The molecule has 0 aliphatic rings. The van der Waals surface area contributed by atoms with Crippen LogP contribution in [0, 0.1) is 26.2 Å². The number of hydrogen-bond donors (Lipinski definition) is 1. The van der Waals surface area contributed by atoms with Gasteiger partial charge in [-0.25, -0.2) is 9.97 Å². The van der Waals surface area contributed by atoms with Gasteiger partial charge in [-0.3, -0.25) is 9.98 Å². The fourth-order valence-corrected chi connectivity index (χ4v) is 3.35. The van der Waals surface area contributed by atoms with Crippen molar-refractivity contribution < 1.29 is 0 Å². The Hall–Kier alpha value is -3.21. The van der Waals surface area contributed by atoms with E-state index in [4.69, 9.17) is 10.4 Å². The first kappa shape index (κ1) is 16.3. The minimum Gasteiger partial charge on any atom is -0.312 e. The molecule has 3 heterocycles. The van der Waals surface area contributed by atoms with Gasteiger partial charge in [0.2, 0.25) is 0 Å². The Labute approximate surface area is 152 Å². The van der Waals surface area contributed by atoms with Gasteiger partial charge in [-0.2, -0.15) is 0 Å². The van der Waals surface area contributed by atoms with Crippen LogP contribution in [0.4, 0.5) is 0 Å². The second-order valence-electron chi connectivity index (χ2n) is 6.59. The molecule has 4 rings (SSSR count). The van der Waals surface area contributed by atoms with E-state index < -0.39 is 0 Å². The van der Waals surface area contributed by atoms with Crippen LogP contribution in [0.3, 0.4) is 0 Å². The summed E-state index contributed by atoms with van der Waals surface area (Å²) in [6, 6.07) is 16.1. The molecule has 0 radical (unpaired) electrons. The third kappa shape index (κ3) is 2.62. The number of benzene rings is 1. The number of hydrogen-bond acceptors (Lipinski definition) is 3. The monoisotopic (exact) mass is 343 g/mol. The Kier molecular flexibility index (Phi) is 3.92. The zero-order valence-corrected chi connectivity index (χ0v) is 15.2. The SMILES string of the molecule is Cc1cccc(-n2c(C)c(C)c3c(=N)n(Cc4ccccc4)cnc32)n1. The molecule has 0 unspecified atom stereocenters. The third-order valence-electron chi connectivity index (χ3n) is 4.83. The lowest BCUT2D eigenvalue weighted by atomic mass is 10.2. The molecule has 5 heteroatoms. The number of fused-ring (bicyclic) bond motifs is 1. The van der Waals surface area contributed by atoms with Crippen LogP contribution in [-0.4, -0.2) is 19.1 Å². The summed E-state index contributed by atoms with van der Waals surface area (Å²) in [6.07, 6.45) is 1.75. The van der Waals surface area contributed by atoms with Gasteiger partial charge >= 0.3 is 0 Å². The van der Waals surface area contributed by atoms with Crippen molar-refractivity contribution in [1.29, 1.82) is 5.41 Å². The van der Waals surface area contributed by atoms with Crippen LogP contribution in [0.1, 0.15) is 22.5 Å². The Bertz CT molecular complexity index is 1150. The molecule has 0 atom stereocenters. The molecule has 130 valence electrons. The van der Waals surface area contributed by atoms with E-state index >= 15 is 0 Å². The fourth-order valence-electron chi connectivity index (χ4n) is 3.35. The smallest absolute Gasteiger partial charge is 0.151 e. The van der Waals surface area contributed by atoms with E-state index in [2.05, 4.69) is 31.0 Å². The minimum atomic E-state index is 0.478.